The molecule has 0 saturated carbocycles. The van der Waals surface area contributed by atoms with E-state index in [4.69, 9.17) is 9.84 Å². The zero-order chi connectivity index (χ0) is 17.7. The highest BCUT2D eigenvalue weighted by molar-refractivity contribution is 5.91. The molecule has 0 fully saturated rings. The molecular weight excluding hydrogens is 317 g/mol. The Labute approximate surface area is 137 Å². The molecule has 0 amide bonds. The lowest BCUT2D eigenvalue weighted by atomic mass is 10.1. The van der Waals surface area contributed by atoms with Gasteiger partial charge >= 0.3 is 11.7 Å². The van der Waals surface area contributed by atoms with Crippen LogP contribution in [0.25, 0.3) is 6.08 Å². The number of aliphatic carboxylic acids is 1. The summed E-state index contributed by atoms with van der Waals surface area (Å²) in [6, 6.07) is 9.77. The molecule has 2 rings (SSSR count). The van der Waals surface area contributed by atoms with Crippen LogP contribution in [0.15, 0.2) is 48.0 Å². The minimum atomic E-state index is -1.10. The van der Waals surface area contributed by atoms with Gasteiger partial charge in [-0.2, -0.15) is 0 Å². The minimum absolute atomic E-state index is 0.0461. The Bertz CT molecular complexity index is 799. The smallest absolute Gasteiger partial charge is 0.331 e. The van der Waals surface area contributed by atoms with E-state index in [0.717, 1.165) is 0 Å². The monoisotopic (exact) mass is 331 g/mol. The number of halogens is 1. The number of carbonyl (C=O) groups is 1. The number of carboxylic acids is 1. The van der Waals surface area contributed by atoms with E-state index in [-0.39, 0.29) is 29.4 Å². The molecule has 0 aliphatic heterocycles. The highest BCUT2D eigenvalue weighted by atomic mass is 19.1. The van der Waals surface area contributed by atoms with E-state index in [1.807, 2.05) is 0 Å². The van der Waals surface area contributed by atoms with Crippen molar-refractivity contribution in [3.63, 3.8) is 0 Å². The molecule has 0 unspecified atom stereocenters. The first-order valence-electron chi connectivity index (χ1n) is 6.94. The largest absolute Gasteiger partial charge is 0.482 e. The van der Waals surface area contributed by atoms with Gasteiger partial charge in [0.2, 0.25) is 0 Å². The quantitative estimate of drug-likeness (QED) is 0.494. The molecule has 7 heteroatoms. The van der Waals surface area contributed by atoms with E-state index in [1.165, 1.54) is 55.5 Å². The highest BCUT2D eigenvalue weighted by Crippen LogP contribution is 2.29. The van der Waals surface area contributed by atoms with Crippen LogP contribution in [0.4, 0.5) is 10.1 Å². The first kappa shape index (κ1) is 17.1. The second-order valence-corrected chi connectivity index (χ2v) is 5.03. The van der Waals surface area contributed by atoms with Crippen LogP contribution in [0.3, 0.4) is 0 Å². The number of ether oxygens (including phenoxy) is 1. The van der Waals surface area contributed by atoms with Gasteiger partial charge in [0, 0.05) is 11.6 Å². The van der Waals surface area contributed by atoms with Crippen LogP contribution in [0.2, 0.25) is 0 Å². The third-order valence-corrected chi connectivity index (χ3v) is 3.21. The van der Waals surface area contributed by atoms with Crippen molar-refractivity contribution in [2.45, 2.75) is 13.5 Å². The van der Waals surface area contributed by atoms with E-state index in [1.54, 1.807) is 0 Å². The Kier molecular flexibility index (Phi) is 5.26. The molecule has 0 spiro atoms. The number of hydrogen-bond acceptors (Lipinski definition) is 4. The fourth-order valence-electron chi connectivity index (χ4n) is 1.94. The third-order valence-electron chi connectivity index (χ3n) is 3.21. The molecule has 2 aromatic rings. The zero-order valence-corrected chi connectivity index (χ0v) is 12.7. The Hall–Kier alpha value is -3.22. The Morgan fingerprint density at radius 3 is 2.54 bits per heavy atom. The lowest BCUT2D eigenvalue weighted by Gasteiger charge is -2.08. The predicted molar refractivity (Wildman–Crippen MR) is 85.1 cm³/mol. The van der Waals surface area contributed by atoms with Crippen molar-refractivity contribution >= 4 is 17.7 Å². The molecule has 1 N–H and O–H groups in total. The third kappa shape index (κ3) is 4.39. The minimum Gasteiger partial charge on any atom is -0.482 e. The van der Waals surface area contributed by atoms with Gasteiger partial charge < -0.3 is 9.84 Å². The first-order chi connectivity index (χ1) is 11.4. The van der Waals surface area contributed by atoms with Crippen molar-refractivity contribution in [3.05, 3.63) is 75.1 Å². The summed E-state index contributed by atoms with van der Waals surface area (Å²) in [4.78, 5) is 21.4. The maximum absolute atomic E-state index is 12.8. The second kappa shape index (κ2) is 7.36. The number of benzene rings is 2. The summed E-state index contributed by atoms with van der Waals surface area (Å²) in [5, 5.41) is 20.0. The fourth-order valence-corrected chi connectivity index (χ4v) is 1.94. The molecule has 0 aliphatic carbocycles. The number of rotatable bonds is 6. The summed E-state index contributed by atoms with van der Waals surface area (Å²) in [5.74, 6) is -1.43. The molecule has 0 atom stereocenters. The molecule has 2 aromatic carbocycles. The van der Waals surface area contributed by atoms with Crippen LogP contribution in [-0.4, -0.2) is 16.0 Å². The topological polar surface area (TPSA) is 89.7 Å². The summed E-state index contributed by atoms with van der Waals surface area (Å²) in [5.41, 5.74) is 0.834. The van der Waals surface area contributed by atoms with Gasteiger partial charge in [-0.05, 0) is 42.3 Å². The van der Waals surface area contributed by atoms with Crippen LogP contribution in [-0.2, 0) is 11.4 Å². The van der Waals surface area contributed by atoms with Crippen molar-refractivity contribution in [2.24, 2.45) is 0 Å². The summed E-state index contributed by atoms with van der Waals surface area (Å²) >= 11 is 0. The van der Waals surface area contributed by atoms with Crippen LogP contribution in [0, 0.1) is 15.9 Å². The van der Waals surface area contributed by atoms with E-state index < -0.39 is 10.9 Å². The van der Waals surface area contributed by atoms with Crippen LogP contribution >= 0.6 is 0 Å². The molecule has 24 heavy (non-hydrogen) atoms. The van der Waals surface area contributed by atoms with Gasteiger partial charge in [0.05, 0.1) is 4.92 Å². The van der Waals surface area contributed by atoms with Gasteiger partial charge in [0.15, 0.2) is 5.75 Å². The van der Waals surface area contributed by atoms with Crippen LogP contribution in [0.5, 0.6) is 5.75 Å². The van der Waals surface area contributed by atoms with Gasteiger partial charge in [-0.1, -0.05) is 18.2 Å². The zero-order valence-electron chi connectivity index (χ0n) is 12.7. The van der Waals surface area contributed by atoms with Gasteiger partial charge in [0.1, 0.15) is 12.4 Å². The average Bonchev–Trinajstić information content (AvgIpc) is 2.54. The van der Waals surface area contributed by atoms with Crippen LogP contribution in [0.1, 0.15) is 18.1 Å². The number of nitrogens with zero attached hydrogens (tertiary/aromatic N) is 1. The number of nitro benzene ring substituents is 1. The Morgan fingerprint density at radius 2 is 1.96 bits per heavy atom. The van der Waals surface area contributed by atoms with Crippen molar-refractivity contribution < 1.29 is 24.0 Å². The van der Waals surface area contributed by atoms with Gasteiger partial charge in [-0.25, -0.2) is 9.18 Å². The van der Waals surface area contributed by atoms with Crippen molar-refractivity contribution in [1.82, 2.24) is 0 Å². The van der Waals surface area contributed by atoms with Crippen LogP contribution < -0.4 is 4.74 Å². The van der Waals surface area contributed by atoms with E-state index >= 15 is 0 Å². The average molecular weight is 331 g/mol. The van der Waals surface area contributed by atoms with E-state index in [0.29, 0.717) is 11.1 Å². The molecule has 0 radical (unpaired) electrons. The number of hydrogen-bond donors (Lipinski definition) is 1. The standard InChI is InChI=1S/C17H14FNO5/c1-11(17(20)21)8-13-4-7-16(15(9-13)19(22)23)24-10-12-2-5-14(18)6-3-12/h2-9H,10H2,1H3,(H,20,21)/b11-8+. The van der Waals surface area contributed by atoms with E-state index in [9.17, 15) is 19.3 Å². The summed E-state index contributed by atoms with van der Waals surface area (Å²) in [6.07, 6.45) is 1.33. The molecular formula is C17H14FNO5. The highest BCUT2D eigenvalue weighted by Gasteiger charge is 2.16. The Balaban J connectivity index is 2.23. The van der Waals surface area contributed by atoms with E-state index in [2.05, 4.69) is 0 Å². The molecule has 124 valence electrons. The van der Waals surface area contributed by atoms with Gasteiger partial charge in [-0.3, -0.25) is 10.1 Å². The van der Waals surface area contributed by atoms with Crippen molar-refractivity contribution in [1.29, 1.82) is 0 Å². The fraction of sp³-hybridized carbons (Fsp3) is 0.118. The van der Waals surface area contributed by atoms with Gasteiger partial charge in [0.25, 0.3) is 0 Å². The maximum Gasteiger partial charge on any atom is 0.331 e. The predicted octanol–water partition coefficient (Wildman–Crippen LogP) is 3.80. The summed E-state index contributed by atoms with van der Waals surface area (Å²) in [7, 11) is 0. The molecule has 0 aromatic heterocycles. The summed E-state index contributed by atoms with van der Waals surface area (Å²) < 4.78 is 18.3. The normalized spacial score (nSPS) is 11.2. The van der Waals surface area contributed by atoms with Crippen molar-refractivity contribution in [2.75, 3.05) is 0 Å². The molecule has 0 bridgehead atoms. The summed E-state index contributed by atoms with van der Waals surface area (Å²) in [6.45, 7) is 1.44. The second-order valence-electron chi connectivity index (χ2n) is 5.03. The molecule has 6 nitrogen and oxygen atoms in total. The first-order valence-corrected chi connectivity index (χ1v) is 6.94. The lowest BCUT2D eigenvalue weighted by Crippen LogP contribution is -2.00. The SMILES string of the molecule is C/C(=C\c1ccc(OCc2ccc(F)cc2)c([N+](=O)[O-])c1)C(=O)O. The van der Waals surface area contributed by atoms with Gasteiger partial charge in [-0.15, -0.1) is 0 Å². The van der Waals surface area contributed by atoms with Crippen molar-refractivity contribution in [3.8, 4) is 5.75 Å². The number of carboxylic acid groups (broad SMARTS) is 1. The molecule has 0 saturated heterocycles. The number of nitro groups is 1. The molecule has 0 heterocycles. The lowest BCUT2D eigenvalue weighted by molar-refractivity contribution is -0.386. The molecule has 0 aliphatic rings. The maximum atomic E-state index is 12.8. The Morgan fingerprint density at radius 1 is 1.29 bits per heavy atom.